The third-order valence-corrected chi connectivity index (χ3v) is 31.0. The highest BCUT2D eigenvalue weighted by atomic mass is 15.0. The fourth-order valence-electron chi connectivity index (χ4n) is 23.1. The Morgan fingerprint density at radius 2 is 0.470 bits per heavy atom. The monoisotopic (exact) mass is 1910 g/mol. The zero-order chi connectivity index (χ0) is 100. The van der Waals surface area contributed by atoms with E-state index in [-0.39, 0.29) is 16.2 Å². The van der Waals surface area contributed by atoms with Crippen molar-refractivity contribution >= 4 is 130 Å². The van der Waals surface area contributed by atoms with Crippen LogP contribution in [0.4, 0.5) is 0 Å². The normalized spacial score (nSPS) is 12.1. The second-order valence-corrected chi connectivity index (χ2v) is 43.2. The van der Waals surface area contributed by atoms with Crippen molar-refractivity contribution in [2.45, 2.75) is 78.6 Å². The molecule has 5 aromatic heterocycles. The number of hydrogen-bond donors (Lipinski definition) is 0. The van der Waals surface area contributed by atoms with Crippen LogP contribution in [0.15, 0.2) is 486 Å². The van der Waals surface area contributed by atoms with E-state index in [0.717, 1.165) is 28.1 Å². The Morgan fingerprint density at radius 3 is 0.826 bits per heavy atom. The van der Waals surface area contributed by atoms with E-state index in [2.05, 4.69) is 493 Å². The largest absolute Gasteiger partial charge is 0.309 e. The van der Waals surface area contributed by atoms with E-state index in [9.17, 15) is 0 Å². The SMILES string of the molecule is CC(C)(C)c1cc2ccc3c(-c4ccc(-c5ccc(-c6ccncc6)cc5)cc4)cc(-c4ccc(-c5ccccn5)cc4)c4ccc(c1)c2c34.CC(C)(C)c1cc2ccc3c(-c4ccc(-c5cccnc5)cc4)cc(-c4ccc(-c5cccc6ccccc56)cc4)c4ccc(c1)c2c34.CC(C)(C)c1cc2ccc3c(-c4ccc(-c5cccnc5)cc4)cc(-c4cccc(-n5c6ccccc6c6ccccc65)c4)c4ccc(c1)c2c34. The minimum atomic E-state index is 0.0596. The fraction of sp³-hybridized carbons (Fsp3) is 0.0833. The standard InChI is InChI=1S/C49H36N2.C48H36N2.C47H35N/c1-49(2,3)37-26-34-21-23-41-43(32-19-17-31(18-20-32)36-11-9-25-50-30-36)29-44(42-24-22-35(27-37)47(34)48(41)42)33-10-8-12-38(28-33)51-45-15-6-4-13-39(45)40-14-5-7-16-46(40)51;1-48(2,3)40-28-38-19-21-41-43(35-13-11-32(12-14-35)31-7-9-33(10-8-31)34-23-26-49-27-24-34)30-44(42-22-20-39(29-40)46(38)47(41)42)36-15-17-37(18-16-36)45-6-4-5-25-50-45;1-47(2,3)38-26-35-21-23-41-43(33-15-13-30(14-16-33)37-10-7-25-48-29-37)28-44(42-24-22-36(27-38)45(35)46(41)42)34-19-17-32(18-20-34)40-12-6-9-31-8-4-5-11-39(31)40/h4-30H,1-3H3;4-30H,1-3H3;4-29H,1-3H3. The number of aromatic nitrogens is 5. The van der Waals surface area contributed by atoms with Crippen molar-refractivity contribution < 1.29 is 0 Å². The van der Waals surface area contributed by atoms with Gasteiger partial charge in [0.15, 0.2) is 0 Å². The highest BCUT2D eigenvalue weighted by molar-refractivity contribution is 6.32. The molecule has 5 heterocycles. The summed E-state index contributed by atoms with van der Waals surface area (Å²) in [5, 5.41) is 28.6. The summed E-state index contributed by atoms with van der Waals surface area (Å²) >= 11 is 0. The fourth-order valence-corrected chi connectivity index (χ4v) is 23.1. The maximum atomic E-state index is 4.58. The average Bonchev–Trinajstić information content (AvgIpc) is 1.30. The van der Waals surface area contributed by atoms with Gasteiger partial charge >= 0.3 is 0 Å². The number of benzene rings is 23. The molecule has 28 aromatic rings. The van der Waals surface area contributed by atoms with Crippen LogP contribution in [0.1, 0.15) is 79.0 Å². The van der Waals surface area contributed by atoms with E-state index >= 15 is 0 Å². The summed E-state index contributed by atoms with van der Waals surface area (Å²) in [6.07, 6.45) is 13.0. The van der Waals surface area contributed by atoms with Crippen LogP contribution in [-0.4, -0.2) is 24.5 Å². The van der Waals surface area contributed by atoms with Gasteiger partial charge in [-0.3, -0.25) is 19.9 Å². The smallest absolute Gasteiger partial charge is 0.0701 e. The van der Waals surface area contributed by atoms with E-state index in [1.165, 1.54) is 257 Å². The summed E-state index contributed by atoms with van der Waals surface area (Å²) in [6.45, 7) is 20.7. The molecule has 0 amide bonds. The van der Waals surface area contributed by atoms with Crippen molar-refractivity contribution in [3.63, 3.8) is 0 Å². The molecule has 0 atom stereocenters. The van der Waals surface area contributed by atoms with Crippen LogP contribution in [0.3, 0.4) is 0 Å². The first-order valence-corrected chi connectivity index (χ1v) is 51.9. The summed E-state index contributed by atoms with van der Waals surface area (Å²) in [6, 6.07) is 164. The predicted octanol–water partition coefficient (Wildman–Crippen LogP) is 39.5. The molecule has 0 aliphatic rings. The molecule has 0 aliphatic carbocycles. The number of pyridine rings is 4. The van der Waals surface area contributed by atoms with Crippen molar-refractivity contribution in [1.29, 1.82) is 0 Å². The Labute approximate surface area is 868 Å². The summed E-state index contributed by atoms with van der Waals surface area (Å²) in [4.78, 5) is 17.4. The lowest BCUT2D eigenvalue weighted by atomic mass is 9.81. The first kappa shape index (κ1) is 90.8. The minimum absolute atomic E-state index is 0.0596. The molecule has 0 unspecified atom stereocenters. The van der Waals surface area contributed by atoms with E-state index in [0.29, 0.717) is 0 Å². The Morgan fingerprint density at radius 1 is 0.168 bits per heavy atom. The lowest BCUT2D eigenvalue weighted by Crippen LogP contribution is -2.10. The molecule has 0 spiro atoms. The summed E-state index contributed by atoms with van der Waals surface area (Å²) in [5.41, 5.74) is 36.6. The predicted molar refractivity (Wildman–Crippen MR) is 635 cm³/mol. The van der Waals surface area contributed by atoms with Crippen molar-refractivity contribution in [3.8, 4) is 139 Å². The summed E-state index contributed by atoms with van der Waals surface area (Å²) in [7, 11) is 0. The van der Waals surface area contributed by atoms with Crippen molar-refractivity contribution in [2.24, 2.45) is 0 Å². The first-order chi connectivity index (χ1) is 72.7. The van der Waals surface area contributed by atoms with Gasteiger partial charge in [-0.25, -0.2) is 0 Å². The van der Waals surface area contributed by atoms with Gasteiger partial charge in [-0.15, -0.1) is 0 Å². The molecule has 0 bridgehead atoms. The zero-order valence-corrected chi connectivity index (χ0v) is 84.9. The first-order valence-electron chi connectivity index (χ1n) is 51.9. The molecular weight excluding hydrogens is 1800 g/mol. The Bertz CT molecular complexity index is 9860. The van der Waals surface area contributed by atoms with Crippen LogP contribution in [0.25, 0.3) is 269 Å². The van der Waals surface area contributed by atoms with Crippen LogP contribution in [0, 0.1) is 0 Å². The number of nitrogens with zero attached hydrogens (tertiary/aromatic N) is 5. The molecule has 5 nitrogen and oxygen atoms in total. The van der Waals surface area contributed by atoms with Gasteiger partial charge in [-0.05, 0) is 342 Å². The van der Waals surface area contributed by atoms with Crippen LogP contribution in [0.2, 0.25) is 0 Å². The number of fused-ring (bicyclic) bond motifs is 4. The highest BCUT2D eigenvalue weighted by Crippen LogP contribution is 2.52. The molecule has 0 saturated carbocycles. The lowest BCUT2D eigenvalue weighted by molar-refractivity contribution is 0.591. The van der Waals surface area contributed by atoms with E-state index in [4.69, 9.17) is 0 Å². The molecular formula is C144H107N5. The Kier molecular flexibility index (Phi) is 22.3. The van der Waals surface area contributed by atoms with Crippen molar-refractivity contribution in [2.75, 3.05) is 0 Å². The second kappa shape index (κ2) is 36.5. The van der Waals surface area contributed by atoms with Gasteiger partial charge in [0.05, 0.1) is 16.7 Å². The number of para-hydroxylation sites is 2. The molecule has 0 fully saturated rings. The van der Waals surface area contributed by atoms with Crippen LogP contribution in [-0.2, 0) is 16.2 Å². The third-order valence-electron chi connectivity index (χ3n) is 31.0. The van der Waals surface area contributed by atoms with Gasteiger partial charge in [0.1, 0.15) is 0 Å². The molecule has 149 heavy (non-hydrogen) atoms. The molecule has 0 saturated heterocycles. The van der Waals surface area contributed by atoms with Gasteiger partial charge in [0.25, 0.3) is 0 Å². The average molecular weight is 1910 g/mol. The lowest BCUT2D eigenvalue weighted by Gasteiger charge is -2.23. The van der Waals surface area contributed by atoms with Gasteiger partial charge in [0, 0.05) is 65.4 Å². The Hall–Kier alpha value is -18.2. The summed E-state index contributed by atoms with van der Waals surface area (Å²) < 4.78 is 2.41. The zero-order valence-electron chi connectivity index (χ0n) is 84.9. The Balaban J connectivity index is 0.000000113. The van der Waals surface area contributed by atoms with Crippen molar-refractivity contribution in [3.05, 3.63) is 503 Å². The molecule has 0 radical (unpaired) electrons. The topological polar surface area (TPSA) is 56.5 Å². The maximum Gasteiger partial charge on any atom is 0.0701 e. The number of hydrogen-bond acceptors (Lipinski definition) is 4. The van der Waals surface area contributed by atoms with Gasteiger partial charge in [-0.2, -0.15) is 0 Å². The van der Waals surface area contributed by atoms with Gasteiger partial charge < -0.3 is 4.57 Å². The van der Waals surface area contributed by atoms with Gasteiger partial charge in [0.2, 0.25) is 0 Å². The quantitative estimate of drug-likeness (QED) is 0.108. The number of rotatable bonds is 13. The third kappa shape index (κ3) is 16.5. The van der Waals surface area contributed by atoms with E-state index < -0.39 is 0 Å². The highest BCUT2D eigenvalue weighted by Gasteiger charge is 2.28. The van der Waals surface area contributed by atoms with Crippen LogP contribution < -0.4 is 0 Å². The molecule has 23 aromatic carbocycles. The second-order valence-electron chi connectivity index (χ2n) is 43.2. The van der Waals surface area contributed by atoms with Crippen LogP contribution >= 0.6 is 0 Å². The van der Waals surface area contributed by atoms with Crippen molar-refractivity contribution in [1.82, 2.24) is 24.5 Å². The van der Waals surface area contributed by atoms with Crippen LogP contribution in [0.5, 0.6) is 0 Å². The molecule has 5 heteroatoms. The molecule has 28 rings (SSSR count). The maximum absolute atomic E-state index is 4.58. The summed E-state index contributed by atoms with van der Waals surface area (Å²) in [5.74, 6) is 0. The van der Waals surface area contributed by atoms with Gasteiger partial charge in [-0.1, -0.05) is 426 Å². The molecule has 708 valence electrons. The molecule has 0 aliphatic heterocycles. The van der Waals surface area contributed by atoms with E-state index in [1.54, 1.807) is 0 Å². The molecule has 0 N–H and O–H groups in total. The van der Waals surface area contributed by atoms with E-state index in [1.807, 2.05) is 79.8 Å². The minimum Gasteiger partial charge on any atom is -0.309 e.